The van der Waals surface area contributed by atoms with Gasteiger partial charge in [0.15, 0.2) is 0 Å². The van der Waals surface area contributed by atoms with Crippen LogP contribution in [0.1, 0.15) is 46.0 Å². The second-order valence-electron chi connectivity index (χ2n) is 7.28. The Morgan fingerprint density at radius 2 is 1.81 bits per heavy atom. The number of nitrogens with one attached hydrogen (secondary N) is 2. The summed E-state index contributed by atoms with van der Waals surface area (Å²) in [5.41, 5.74) is 1.18. The molecule has 0 saturated heterocycles. The predicted molar refractivity (Wildman–Crippen MR) is 119 cm³/mol. The number of unbranched alkanes of at least 4 members (excludes halogenated alkanes) is 1. The summed E-state index contributed by atoms with van der Waals surface area (Å²) in [6, 6.07) is 11.3. The van der Waals surface area contributed by atoms with Gasteiger partial charge in [0, 0.05) is 31.2 Å². The Bertz CT molecular complexity index is 1180. The zero-order chi connectivity index (χ0) is 22.5. The molecule has 1 amide bonds. The molecule has 3 rings (SSSR count). The molecule has 0 fully saturated rings. The maximum Gasteiger partial charge on any atom is 0.335 e. The van der Waals surface area contributed by atoms with Crippen molar-refractivity contribution in [3.05, 3.63) is 69.5 Å². The first-order valence-corrected chi connectivity index (χ1v) is 10.0. The van der Waals surface area contributed by atoms with Crippen LogP contribution in [0.15, 0.2) is 47.3 Å². The maximum absolute atomic E-state index is 12.7. The van der Waals surface area contributed by atoms with E-state index >= 15 is 0 Å². The quantitative estimate of drug-likeness (QED) is 0.413. The number of carbonyl (C=O) groups is 2. The van der Waals surface area contributed by atoms with Crippen LogP contribution in [-0.4, -0.2) is 33.2 Å². The van der Waals surface area contributed by atoms with E-state index in [-0.39, 0.29) is 23.4 Å². The molecule has 162 valence electrons. The first-order valence-electron chi connectivity index (χ1n) is 10.0. The molecular weight excluding hydrogens is 398 g/mol. The number of hydrogen-bond donors (Lipinski definition) is 4. The first kappa shape index (κ1) is 21.9. The van der Waals surface area contributed by atoms with Gasteiger partial charge in [-0.1, -0.05) is 25.5 Å². The largest absolute Gasteiger partial charge is 0.506 e. The lowest BCUT2D eigenvalue weighted by Crippen LogP contribution is -2.32. The van der Waals surface area contributed by atoms with Gasteiger partial charge in [-0.2, -0.15) is 0 Å². The van der Waals surface area contributed by atoms with Crippen LogP contribution in [0.25, 0.3) is 10.9 Å². The molecule has 1 heterocycles. The highest BCUT2D eigenvalue weighted by Crippen LogP contribution is 2.28. The molecule has 0 saturated carbocycles. The fraction of sp³-hybridized carbons (Fsp3) is 0.261. The van der Waals surface area contributed by atoms with Gasteiger partial charge in [0.25, 0.3) is 11.5 Å². The lowest BCUT2D eigenvalue weighted by Gasteiger charge is -2.14. The Morgan fingerprint density at radius 3 is 2.45 bits per heavy atom. The van der Waals surface area contributed by atoms with E-state index in [0.29, 0.717) is 16.5 Å². The Balaban J connectivity index is 1.88. The Hall–Kier alpha value is -3.81. The predicted octanol–water partition coefficient (Wildman–Crippen LogP) is 3.08. The summed E-state index contributed by atoms with van der Waals surface area (Å²) in [6.45, 7) is 2.95. The van der Waals surface area contributed by atoms with E-state index in [0.717, 1.165) is 25.1 Å². The number of aromatic hydroxyl groups is 1. The molecule has 8 nitrogen and oxygen atoms in total. The van der Waals surface area contributed by atoms with E-state index in [4.69, 9.17) is 5.11 Å². The number of aryl methyl sites for hydroxylation is 1. The second-order valence-corrected chi connectivity index (χ2v) is 7.28. The van der Waals surface area contributed by atoms with Gasteiger partial charge in [-0.05, 0) is 42.3 Å². The summed E-state index contributed by atoms with van der Waals surface area (Å²) in [5, 5.41) is 26.0. The van der Waals surface area contributed by atoms with Crippen molar-refractivity contribution in [2.45, 2.75) is 26.3 Å². The average molecular weight is 423 g/mol. The number of nitrogens with zero attached hydrogens (tertiary/aromatic N) is 1. The Kier molecular flexibility index (Phi) is 6.59. The molecule has 0 bridgehead atoms. The number of anilines is 1. The molecule has 8 heteroatoms. The number of aromatic nitrogens is 1. The highest BCUT2D eigenvalue weighted by atomic mass is 16.4. The molecule has 0 aliphatic carbocycles. The minimum atomic E-state index is -1.04. The topological polar surface area (TPSA) is 121 Å². The van der Waals surface area contributed by atoms with Crippen molar-refractivity contribution in [2.75, 3.05) is 11.9 Å². The molecule has 0 radical (unpaired) electrons. The van der Waals surface area contributed by atoms with Crippen molar-refractivity contribution in [3.8, 4) is 5.75 Å². The standard InChI is InChI=1S/C23H25N3O5/c1-3-4-11-24-16-9-10-18-17(12-16)20(27)19(22(29)26(18)2)21(28)25-13-14-5-7-15(8-6-14)23(30)31/h5-10,12,24,27H,3-4,11,13H2,1-2H3,(H,25,28)(H,30,31). The molecule has 2 aromatic carbocycles. The Morgan fingerprint density at radius 1 is 1.10 bits per heavy atom. The zero-order valence-electron chi connectivity index (χ0n) is 17.4. The fourth-order valence-corrected chi connectivity index (χ4v) is 3.29. The van der Waals surface area contributed by atoms with Gasteiger partial charge in [-0.3, -0.25) is 9.59 Å². The minimum Gasteiger partial charge on any atom is -0.506 e. The van der Waals surface area contributed by atoms with Gasteiger partial charge in [-0.15, -0.1) is 0 Å². The zero-order valence-corrected chi connectivity index (χ0v) is 17.4. The van der Waals surface area contributed by atoms with Crippen molar-refractivity contribution in [1.29, 1.82) is 0 Å². The molecule has 0 aliphatic rings. The average Bonchev–Trinajstić information content (AvgIpc) is 2.76. The maximum atomic E-state index is 12.7. The fourth-order valence-electron chi connectivity index (χ4n) is 3.29. The third-order valence-corrected chi connectivity index (χ3v) is 5.11. The molecule has 3 aromatic rings. The van der Waals surface area contributed by atoms with Gasteiger partial charge < -0.3 is 25.4 Å². The number of benzene rings is 2. The summed E-state index contributed by atoms with van der Waals surface area (Å²) in [4.78, 5) is 36.4. The number of carbonyl (C=O) groups excluding carboxylic acids is 1. The van der Waals surface area contributed by atoms with Crippen LogP contribution in [0.4, 0.5) is 5.69 Å². The number of hydrogen-bond acceptors (Lipinski definition) is 5. The van der Waals surface area contributed by atoms with Crippen LogP contribution < -0.4 is 16.2 Å². The lowest BCUT2D eigenvalue weighted by molar-refractivity contribution is 0.0696. The van der Waals surface area contributed by atoms with Gasteiger partial charge in [0.2, 0.25) is 0 Å². The van der Waals surface area contributed by atoms with E-state index < -0.39 is 17.4 Å². The van der Waals surface area contributed by atoms with Crippen molar-refractivity contribution < 1.29 is 19.8 Å². The lowest BCUT2D eigenvalue weighted by atomic mass is 10.1. The number of amides is 1. The van der Waals surface area contributed by atoms with E-state index in [1.807, 2.05) is 6.07 Å². The van der Waals surface area contributed by atoms with E-state index in [2.05, 4.69) is 17.6 Å². The van der Waals surface area contributed by atoms with Crippen molar-refractivity contribution in [1.82, 2.24) is 9.88 Å². The van der Waals surface area contributed by atoms with Gasteiger partial charge in [-0.25, -0.2) is 4.79 Å². The Labute approximate surface area is 179 Å². The van der Waals surface area contributed by atoms with Crippen LogP contribution in [0.2, 0.25) is 0 Å². The molecule has 0 aliphatic heterocycles. The number of rotatable bonds is 8. The molecule has 1 aromatic heterocycles. The number of carboxylic acid groups (broad SMARTS) is 1. The summed E-state index contributed by atoms with van der Waals surface area (Å²) >= 11 is 0. The van der Waals surface area contributed by atoms with Crippen LogP contribution >= 0.6 is 0 Å². The normalized spacial score (nSPS) is 10.8. The number of pyridine rings is 1. The summed E-state index contributed by atoms with van der Waals surface area (Å²) in [6.07, 6.45) is 2.04. The van der Waals surface area contributed by atoms with Crippen molar-refractivity contribution in [2.24, 2.45) is 7.05 Å². The molecule has 31 heavy (non-hydrogen) atoms. The summed E-state index contributed by atoms with van der Waals surface area (Å²) < 4.78 is 1.33. The highest BCUT2D eigenvalue weighted by molar-refractivity contribution is 6.02. The molecule has 0 unspecified atom stereocenters. The smallest absolute Gasteiger partial charge is 0.335 e. The third kappa shape index (κ3) is 4.69. The van der Waals surface area contributed by atoms with Crippen LogP contribution in [0, 0.1) is 0 Å². The molecule has 0 atom stereocenters. The number of carboxylic acids is 1. The molecule has 4 N–H and O–H groups in total. The van der Waals surface area contributed by atoms with Crippen molar-refractivity contribution >= 4 is 28.5 Å². The van der Waals surface area contributed by atoms with Gasteiger partial charge in [0.1, 0.15) is 11.3 Å². The molecule has 0 spiro atoms. The first-order chi connectivity index (χ1) is 14.8. The van der Waals surface area contributed by atoms with Crippen LogP contribution in [-0.2, 0) is 13.6 Å². The van der Waals surface area contributed by atoms with E-state index in [1.165, 1.54) is 16.7 Å². The van der Waals surface area contributed by atoms with Crippen molar-refractivity contribution in [3.63, 3.8) is 0 Å². The second kappa shape index (κ2) is 9.34. The van der Waals surface area contributed by atoms with Gasteiger partial charge >= 0.3 is 5.97 Å². The highest BCUT2D eigenvalue weighted by Gasteiger charge is 2.21. The van der Waals surface area contributed by atoms with Gasteiger partial charge in [0.05, 0.1) is 11.1 Å². The SMILES string of the molecule is CCCCNc1ccc2c(c1)c(O)c(C(=O)NCc1ccc(C(=O)O)cc1)c(=O)n2C. The van der Waals surface area contributed by atoms with Crippen LogP contribution in [0.3, 0.4) is 0 Å². The number of fused-ring (bicyclic) bond motifs is 1. The minimum absolute atomic E-state index is 0.0813. The van der Waals surface area contributed by atoms with E-state index in [1.54, 1.807) is 31.3 Å². The monoisotopic (exact) mass is 423 g/mol. The van der Waals surface area contributed by atoms with Crippen LogP contribution in [0.5, 0.6) is 5.75 Å². The summed E-state index contributed by atoms with van der Waals surface area (Å²) in [5.74, 6) is -2.11. The third-order valence-electron chi connectivity index (χ3n) is 5.11. The number of aromatic carboxylic acids is 1. The molecular formula is C23H25N3O5. The summed E-state index contributed by atoms with van der Waals surface area (Å²) in [7, 11) is 1.55. The van der Waals surface area contributed by atoms with E-state index in [9.17, 15) is 19.5 Å².